The van der Waals surface area contributed by atoms with Crippen LogP contribution in [0.5, 0.6) is 0 Å². The van der Waals surface area contributed by atoms with E-state index in [1.807, 2.05) is 18.2 Å². The van der Waals surface area contributed by atoms with Crippen molar-refractivity contribution in [1.82, 2.24) is 5.32 Å². The first-order valence-electron chi connectivity index (χ1n) is 6.26. The Kier molecular flexibility index (Phi) is 7.25. The fraction of sp³-hybridized carbons (Fsp3) is 0.571. The van der Waals surface area contributed by atoms with Gasteiger partial charge in [-0.2, -0.15) is 0 Å². The van der Waals surface area contributed by atoms with Crippen molar-refractivity contribution in [1.29, 1.82) is 0 Å². The van der Waals surface area contributed by atoms with Crippen LogP contribution in [0.3, 0.4) is 0 Å². The average Bonchev–Trinajstić information content (AvgIpc) is 2.30. The monoisotopic (exact) mass is 255 g/mol. The number of benzene rings is 1. The smallest absolute Gasteiger partial charge is 0.0518 e. The van der Waals surface area contributed by atoms with Crippen LogP contribution in [0.4, 0.5) is 0 Å². The van der Waals surface area contributed by atoms with Gasteiger partial charge in [-0.15, -0.1) is 0 Å². The van der Waals surface area contributed by atoms with Gasteiger partial charge in [0.25, 0.3) is 0 Å². The van der Waals surface area contributed by atoms with Gasteiger partial charge in [-0.1, -0.05) is 29.8 Å². The van der Waals surface area contributed by atoms with Gasteiger partial charge in [-0.05, 0) is 44.9 Å². The molecule has 0 spiro atoms. The van der Waals surface area contributed by atoms with Crippen molar-refractivity contribution in [3.63, 3.8) is 0 Å². The lowest BCUT2D eigenvalue weighted by Crippen LogP contribution is -2.15. The summed E-state index contributed by atoms with van der Waals surface area (Å²) in [4.78, 5) is 0. The molecule has 0 bridgehead atoms. The summed E-state index contributed by atoms with van der Waals surface area (Å²) < 4.78 is 5.48. The first-order valence-corrected chi connectivity index (χ1v) is 6.63. The lowest BCUT2D eigenvalue weighted by atomic mass is 10.2. The van der Waals surface area contributed by atoms with Crippen LogP contribution < -0.4 is 5.32 Å². The Hall–Kier alpha value is -0.570. The molecule has 1 rings (SSSR count). The van der Waals surface area contributed by atoms with E-state index >= 15 is 0 Å². The standard InChI is InChI=1S/C14H22ClNO/c1-12(2)17-10-6-5-9-16-11-13-7-3-4-8-14(13)15/h3-4,7-8,12,16H,5-6,9-11H2,1-2H3. The molecule has 0 aliphatic heterocycles. The van der Waals surface area contributed by atoms with E-state index in [0.717, 1.165) is 43.1 Å². The van der Waals surface area contributed by atoms with E-state index in [0.29, 0.717) is 6.10 Å². The summed E-state index contributed by atoms with van der Waals surface area (Å²) in [5.41, 5.74) is 1.16. The molecule has 2 nitrogen and oxygen atoms in total. The predicted octanol–water partition coefficient (Wildman–Crippen LogP) is 3.63. The average molecular weight is 256 g/mol. The van der Waals surface area contributed by atoms with E-state index in [-0.39, 0.29) is 0 Å². The Bertz CT molecular complexity index is 315. The van der Waals surface area contributed by atoms with E-state index in [4.69, 9.17) is 16.3 Å². The highest BCUT2D eigenvalue weighted by Gasteiger charge is 1.98. The Labute approximate surface area is 109 Å². The molecule has 0 aliphatic carbocycles. The summed E-state index contributed by atoms with van der Waals surface area (Å²) in [6.45, 7) is 6.83. The van der Waals surface area contributed by atoms with Crippen LogP contribution in [0, 0.1) is 0 Å². The second-order valence-corrected chi connectivity index (χ2v) is 4.80. The molecule has 0 amide bonds. The number of rotatable bonds is 8. The van der Waals surface area contributed by atoms with Crippen LogP contribution >= 0.6 is 11.6 Å². The number of halogens is 1. The van der Waals surface area contributed by atoms with Crippen LogP contribution in [0.25, 0.3) is 0 Å². The zero-order valence-corrected chi connectivity index (χ0v) is 11.5. The molecule has 17 heavy (non-hydrogen) atoms. The lowest BCUT2D eigenvalue weighted by molar-refractivity contribution is 0.0760. The molecule has 1 aromatic carbocycles. The van der Waals surface area contributed by atoms with Crippen LogP contribution in [-0.4, -0.2) is 19.3 Å². The van der Waals surface area contributed by atoms with E-state index < -0.39 is 0 Å². The molecule has 1 aromatic rings. The minimum atomic E-state index is 0.339. The molecule has 0 saturated carbocycles. The minimum Gasteiger partial charge on any atom is -0.379 e. The molecular weight excluding hydrogens is 234 g/mol. The zero-order chi connectivity index (χ0) is 12.5. The predicted molar refractivity (Wildman–Crippen MR) is 73.5 cm³/mol. The van der Waals surface area contributed by atoms with Gasteiger partial charge in [-0.3, -0.25) is 0 Å². The summed E-state index contributed by atoms with van der Waals surface area (Å²) in [6.07, 6.45) is 2.58. The van der Waals surface area contributed by atoms with Gasteiger partial charge in [0, 0.05) is 18.2 Å². The van der Waals surface area contributed by atoms with Crippen LogP contribution in [0.2, 0.25) is 5.02 Å². The molecule has 0 atom stereocenters. The summed E-state index contributed by atoms with van der Waals surface area (Å²) in [5, 5.41) is 4.23. The number of nitrogens with one attached hydrogen (secondary N) is 1. The SMILES string of the molecule is CC(C)OCCCCNCc1ccccc1Cl. The third-order valence-electron chi connectivity index (χ3n) is 2.47. The van der Waals surface area contributed by atoms with Crippen molar-refractivity contribution >= 4 is 11.6 Å². The van der Waals surface area contributed by atoms with Crippen molar-refractivity contribution in [3.8, 4) is 0 Å². The zero-order valence-electron chi connectivity index (χ0n) is 10.7. The molecule has 0 unspecified atom stereocenters. The van der Waals surface area contributed by atoms with Gasteiger partial charge < -0.3 is 10.1 Å². The van der Waals surface area contributed by atoms with Crippen LogP contribution in [-0.2, 0) is 11.3 Å². The Morgan fingerprint density at radius 1 is 1.24 bits per heavy atom. The van der Waals surface area contributed by atoms with Gasteiger partial charge in [-0.25, -0.2) is 0 Å². The summed E-state index contributed by atoms with van der Waals surface area (Å²) in [5.74, 6) is 0. The molecule has 96 valence electrons. The molecule has 0 aromatic heterocycles. The summed E-state index contributed by atoms with van der Waals surface area (Å²) in [7, 11) is 0. The van der Waals surface area contributed by atoms with E-state index in [1.165, 1.54) is 0 Å². The highest BCUT2D eigenvalue weighted by Crippen LogP contribution is 2.14. The largest absolute Gasteiger partial charge is 0.379 e. The third-order valence-corrected chi connectivity index (χ3v) is 2.84. The molecule has 0 fully saturated rings. The molecule has 0 aliphatic rings. The number of ether oxygens (including phenoxy) is 1. The van der Waals surface area contributed by atoms with E-state index in [1.54, 1.807) is 0 Å². The molecule has 3 heteroatoms. The van der Waals surface area contributed by atoms with Crippen LogP contribution in [0.15, 0.2) is 24.3 Å². The molecule has 1 N–H and O–H groups in total. The summed E-state index contributed by atoms with van der Waals surface area (Å²) in [6, 6.07) is 7.95. The number of unbranched alkanes of at least 4 members (excludes halogenated alkanes) is 1. The van der Waals surface area contributed by atoms with Crippen LogP contribution in [0.1, 0.15) is 32.3 Å². The maximum atomic E-state index is 6.06. The number of hydrogen-bond donors (Lipinski definition) is 1. The summed E-state index contributed by atoms with van der Waals surface area (Å²) >= 11 is 6.06. The second-order valence-electron chi connectivity index (χ2n) is 4.39. The van der Waals surface area contributed by atoms with Gasteiger partial charge in [0.05, 0.1) is 6.10 Å². The maximum Gasteiger partial charge on any atom is 0.0518 e. The van der Waals surface area contributed by atoms with Crippen molar-refractivity contribution in [2.45, 2.75) is 39.3 Å². The maximum absolute atomic E-state index is 6.06. The Morgan fingerprint density at radius 2 is 2.00 bits per heavy atom. The first-order chi connectivity index (χ1) is 8.20. The van der Waals surface area contributed by atoms with Gasteiger partial charge in [0.1, 0.15) is 0 Å². The molecular formula is C14H22ClNO. The van der Waals surface area contributed by atoms with Gasteiger partial charge in [0.15, 0.2) is 0 Å². The normalized spacial score (nSPS) is 11.1. The fourth-order valence-corrected chi connectivity index (χ4v) is 1.74. The first kappa shape index (κ1) is 14.5. The van der Waals surface area contributed by atoms with E-state index in [2.05, 4.69) is 25.2 Å². The quantitative estimate of drug-likeness (QED) is 0.717. The van der Waals surface area contributed by atoms with Crippen molar-refractivity contribution in [3.05, 3.63) is 34.9 Å². The highest BCUT2D eigenvalue weighted by molar-refractivity contribution is 6.31. The molecule has 0 radical (unpaired) electrons. The second kappa shape index (κ2) is 8.51. The lowest BCUT2D eigenvalue weighted by Gasteiger charge is -2.08. The number of hydrogen-bond acceptors (Lipinski definition) is 2. The third kappa shape index (κ3) is 6.67. The van der Waals surface area contributed by atoms with Gasteiger partial charge >= 0.3 is 0 Å². The van der Waals surface area contributed by atoms with Crippen molar-refractivity contribution in [2.24, 2.45) is 0 Å². The van der Waals surface area contributed by atoms with Crippen molar-refractivity contribution in [2.75, 3.05) is 13.2 Å². The van der Waals surface area contributed by atoms with E-state index in [9.17, 15) is 0 Å². The van der Waals surface area contributed by atoms with Crippen molar-refractivity contribution < 1.29 is 4.74 Å². The fourth-order valence-electron chi connectivity index (χ4n) is 1.54. The minimum absolute atomic E-state index is 0.339. The Morgan fingerprint density at radius 3 is 2.71 bits per heavy atom. The molecule has 0 saturated heterocycles. The van der Waals surface area contributed by atoms with Gasteiger partial charge in [0.2, 0.25) is 0 Å². The highest BCUT2D eigenvalue weighted by atomic mass is 35.5. The molecule has 0 heterocycles. The Balaban J connectivity index is 2.03. The topological polar surface area (TPSA) is 21.3 Å².